The van der Waals surface area contributed by atoms with Gasteiger partial charge in [0.1, 0.15) is 10.8 Å². The molecule has 2 N–H and O–H groups in total. The molecule has 0 aliphatic carbocycles. The largest absolute Gasteiger partial charge is 0.347 e. The van der Waals surface area contributed by atoms with Crippen LogP contribution in [0, 0.1) is 6.92 Å². The summed E-state index contributed by atoms with van der Waals surface area (Å²) in [6.07, 6.45) is 6.68. The number of aromatic nitrogens is 3. The summed E-state index contributed by atoms with van der Waals surface area (Å²) in [6.45, 7) is 4.67. The van der Waals surface area contributed by atoms with Gasteiger partial charge in [-0.05, 0) is 31.6 Å². The first-order valence-electron chi connectivity index (χ1n) is 8.06. The van der Waals surface area contributed by atoms with Crippen LogP contribution < -0.4 is 10.9 Å². The molecule has 0 aromatic carbocycles. The predicted molar refractivity (Wildman–Crippen MR) is 96.9 cm³/mol. The third kappa shape index (κ3) is 4.73. The third-order valence-electron chi connectivity index (χ3n) is 3.71. The second-order valence-electron chi connectivity index (χ2n) is 5.65. The van der Waals surface area contributed by atoms with Gasteiger partial charge in [0.2, 0.25) is 0 Å². The highest BCUT2D eigenvalue weighted by Gasteiger charge is 2.12. The minimum absolute atomic E-state index is 0.393. The van der Waals surface area contributed by atoms with Crippen molar-refractivity contribution in [3.8, 4) is 0 Å². The van der Waals surface area contributed by atoms with Crippen molar-refractivity contribution in [3.05, 3.63) is 46.5 Å². The van der Waals surface area contributed by atoms with Gasteiger partial charge < -0.3 is 4.57 Å². The maximum atomic E-state index is 11.9. The first kappa shape index (κ1) is 18.8. The molecule has 0 spiro atoms. The van der Waals surface area contributed by atoms with E-state index in [1.54, 1.807) is 40.7 Å². The number of hydrogen-bond acceptors (Lipinski definition) is 3. The number of rotatable bonds is 6. The highest BCUT2D eigenvalue weighted by molar-refractivity contribution is 6.31. The molecule has 2 aromatic rings. The fourth-order valence-electron chi connectivity index (χ4n) is 2.29. The van der Waals surface area contributed by atoms with E-state index in [1.165, 1.54) is 6.08 Å². The van der Waals surface area contributed by atoms with Crippen molar-refractivity contribution < 1.29 is 9.59 Å². The van der Waals surface area contributed by atoms with Crippen LogP contribution in [0.5, 0.6) is 0 Å². The van der Waals surface area contributed by atoms with E-state index < -0.39 is 11.8 Å². The van der Waals surface area contributed by atoms with Crippen LogP contribution in [0.3, 0.4) is 0 Å². The molecule has 2 rings (SSSR count). The Morgan fingerprint density at radius 1 is 1.36 bits per heavy atom. The summed E-state index contributed by atoms with van der Waals surface area (Å²) < 4.78 is 3.39. The maximum Gasteiger partial charge on any atom is 0.286 e. The molecule has 0 unspecified atom stereocenters. The van der Waals surface area contributed by atoms with Gasteiger partial charge in [0.05, 0.1) is 5.69 Å². The van der Waals surface area contributed by atoms with Crippen molar-refractivity contribution in [1.82, 2.24) is 25.2 Å². The molecule has 0 saturated heterocycles. The van der Waals surface area contributed by atoms with Gasteiger partial charge in [0.15, 0.2) is 0 Å². The van der Waals surface area contributed by atoms with Gasteiger partial charge in [-0.15, -0.1) is 0 Å². The van der Waals surface area contributed by atoms with Gasteiger partial charge in [0, 0.05) is 31.4 Å². The minimum atomic E-state index is -0.459. The highest BCUT2D eigenvalue weighted by atomic mass is 35.5. The summed E-state index contributed by atoms with van der Waals surface area (Å²) >= 11 is 6.31. The fraction of sp³-hybridized carbons (Fsp3) is 0.353. The van der Waals surface area contributed by atoms with Crippen LogP contribution in [0.25, 0.3) is 6.08 Å². The lowest BCUT2D eigenvalue weighted by Crippen LogP contribution is -2.41. The smallest absolute Gasteiger partial charge is 0.286 e. The molecule has 0 atom stereocenters. The van der Waals surface area contributed by atoms with Gasteiger partial charge in [0.25, 0.3) is 11.8 Å². The molecular formula is C17H22ClN5O2. The normalized spacial score (nSPS) is 11.0. The summed E-state index contributed by atoms with van der Waals surface area (Å²) in [5.41, 5.74) is 6.59. The Morgan fingerprint density at radius 2 is 2.12 bits per heavy atom. The number of nitrogens with one attached hydrogen (secondary N) is 2. The predicted octanol–water partition coefficient (Wildman–Crippen LogP) is 2.46. The molecule has 2 aromatic heterocycles. The van der Waals surface area contributed by atoms with Crippen molar-refractivity contribution in [2.45, 2.75) is 33.2 Å². The first-order valence-corrected chi connectivity index (χ1v) is 8.44. The molecule has 0 fully saturated rings. The molecule has 0 radical (unpaired) electrons. The van der Waals surface area contributed by atoms with E-state index in [4.69, 9.17) is 11.6 Å². The van der Waals surface area contributed by atoms with Crippen LogP contribution in [0.15, 0.2) is 24.4 Å². The number of carbonyl (C=O) groups excluding carboxylic acids is 2. The standard InChI is InChI=1S/C17H22ClN5O2/c1-4-5-11-23-16(18)13(12(2)21-23)8-9-15(24)19-20-17(25)14-7-6-10-22(14)3/h6-10H,4-5,11H2,1-3H3,(H,19,24)(H,20,25)/b9-8+. The van der Waals surface area contributed by atoms with E-state index in [-0.39, 0.29) is 0 Å². The fourth-order valence-corrected chi connectivity index (χ4v) is 2.61. The summed E-state index contributed by atoms with van der Waals surface area (Å²) in [6, 6.07) is 3.41. The highest BCUT2D eigenvalue weighted by Crippen LogP contribution is 2.21. The number of carbonyl (C=O) groups is 2. The van der Waals surface area contributed by atoms with Crippen LogP contribution in [-0.4, -0.2) is 26.2 Å². The number of aryl methyl sites for hydroxylation is 3. The molecule has 7 nitrogen and oxygen atoms in total. The Bertz CT molecular complexity index is 791. The Morgan fingerprint density at radius 3 is 2.76 bits per heavy atom. The van der Waals surface area contributed by atoms with Crippen molar-refractivity contribution in [2.75, 3.05) is 0 Å². The van der Waals surface area contributed by atoms with E-state index in [0.29, 0.717) is 16.4 Å². The van der Waals surface area contributed by atoms with Gasteiger partial charge in [-0.25, -0.2) is 0 Å². The lowest BCUT2D eigenvalue weighted by Gasteiger charge is -2.05. The zero-order valence-corrected chi connectivity index (χ0v) is 15.3. The van der Waals surface area contributed by atoms with Crippen molar-refractivity contribution in [2.24, 2.45) is 7.05 Å². The van der Waals surface area contributed by atoms with E-state index in [1.807, 2.05) is 6.92 Å². The van der Waals surface area contributed by atoms with Gasteiger partial charge in [-0.1, -0.05) is 24.9 Å². The topological polar surface area (TPSA) is 81.0 Å². The van der Waals surface area contributed by atoms with Crippen LogP contribution in [0.1, 0.15) is 41.5 Å². The number of hydrogen-bond donors (Lipinski definition) is 2. The average Bonchev–Trinajstić information content (AvgIpc) is 3.12. The average molecular weight is 364 g/mol. The first-order chi connectivity index (χ1) is 11.9. The number of hydrazine groups is 1. The zero-order chi connectivity index (χ0) is 18.4. The second-order valence-corrected chi connectivity index (χ2v) is 6.01. The second kappa shape index (κ2) is 8.53. The lowest BCUT2D eigenvalue weighted by molar-refractivity contribution is -0.117. The molecule has 8 heteroatoms. The Kier molecular flexibility index (Phi) is 6.41. The van der Waals surface area contributed by atoms with Gasteiger partial charge in [-0.2, -0.15) is 5.10 Å². The van der Waals surface area contributed by atoms with Gasteiger partial charge in [-0.3, -0.25) is 25.1 Å². The number of amides is 2. The third-order valence-corrected chi connectivity index (χ3v) is 4.11. The number of nitrogens with zero attached hydrogens (tertiary/aromatic N) is 3. The molecule has 134 valence electrons. The van der Waals surface area contributed by atoms with Crippen LogP contribution in [0.2, 0.25) is 5.15 Å². The molecule has 2 amide bonds. The number of unbranched alkanes of at least 4 members (excludes halogenated alkanes) is 1. The quantitative estimate of drug-likeness (QED) is 0.611. The summed E-state index contributed by atoms with van der Waals surface area (Å²) in [4.78, 5) is 23.8. The Hall–Kier alpha value is -2.54. The van der Waals surface area contributed by atoms with E-state index in [2.05, 4.69) is 22.9 Å². The zero-order valence-electron chi connectivity index (χ0n) is 14.5. The Labute approximate surface area is 151 Å². The minimum Gasteiger partial charge on any atom is -0.347 e. The molecule has 2 heterocycles. The van der Waals surface area contributed by atoms with E-state index >= 15 is 0 Å². The molecule has 0 saturated carbocycles. The summed E-state index contributed by atoms with van der Waals surface area (Å²) in [7, 11) is 1.75. The molecule has 0 aliphatic heterocycles. The van der Waals surface area contributed by atoms with E-state index in [0.717, 1.165) is 25.1 Å². The SMILES string of the molecule is CCCCn1nc(C)c(/C=C/C(=O)NNC(=O)c2cccn2C)c1Cl. The van der Waals surface area contributed by atoms with Crippen LogP contribution in [-0.2, 0) is 18.4 Å². The maximum absolute atomic E-state index is 11.9. The van der Waals surface area contributed by atoms with Crippen molar-refractivity contribution >= 4 is 29.5 Å². The molecule has 25 heavy (non-hydrogen) atoms. The number of halogens is 1. The van der Waals surface area contributed by atoms with Gasteiger partial charge >= 0.3 is 0 Å². The molecular weight excluding hydrogens is 342 g/mol. The Balaban J connectivity index is 1.95. The van der Waals surface area contributed by atoms with E-state index in [9.17, 15) is 9.59 Å². The van der Waals surface area contributed by atoms with Crippen molar-refractivity contribution in [3.63, 3.8) is 0 Å². The summed E-state index contributed by atoms with van der Waals surface area (Å²) in [5, 5.41) is 4.88. The lowest BCUT2D eigenvalue weighted by atomic mass is 10.2. The molecule has 0 aliphatic rings. The summed E-state index contributed by atoms with van der Waals surface area (Å²) in [5.74, 6) is -0.852. The molecule has 0 bridgehead atoms. The van der Waals surface area contributed by atoms with Crippen LogP contribution >= 0.6 is 11.6 Å². The van der Waals surface area contributed by atoms with Crippen LogP contribution in [0.4, 0.5) is 0 Å². The van der Waals surface area contributed by atoms with Crippen molar-refractivity contribution in [1.29, 1.82) is 0 Å². The monoisotopic (exact) mass is 363 g/mol.